The van der Waals surface area contributed by atoms with Gasteiger partial charge in [0, 0.05) is 6.61 Å². The lowest BCUT2D eigenvalue weighted by Gasteiger charge is -2.33. The van der Waals surface area contributed by atoms with E-state index >= 15 is 0 Å². The van der Waals surface area contributed by atoms with Crippen molar-refractivity contribution in [1.82, 2.24) is 0 Å². The second-order valence-electron chi connectivity index (χ2n) is 4.30. The minimum Gasteiger partial charge on any atom is -0.375 e. The predicted molar refractivity (Wildman–Crippen MR) is 71.3 cm³/mol. The topological polar surface area (TPSA) is 33.1 Å². The van der Waals surface area contributed by atoms with Crippen LogP contribution >= 0.6 is 0 Å². The van der Waals surface area contributed by atoms with E-state index in [1.165, 1.54) is 6.21 Å². The van der Waals surface area contributed by atoms with E-state index < -0.39 is 0 Å². The summed E-state index contributed by atoms with van der Waals surface area (Å²) in [5, 5.41) is 7.17. The van der Waals surface area contributed by atoms with Crippen LogP contribution < -0.4 is 0 Å². The zero-order valence-corrected chi connectivity index (χ0v) is 11.1. The van der Waals surface area contributed by atoms with Gasteiger partial charge in [-0.15, -0.1) is 0 Å². The number of ether oxygens (including phenoxy) is 1. The molecular weight excluding hydrogens is 198 g/mol. The minimum absolute atomic E-state index is 0.0329. The van der Waals surface area contributed by atoms with Gasteiger partial charge in [-0.2, -0.15) is 0 Å². The van der Waals surface area contributed by atoms with Gasteiger partial charge in [0.25, 0.3) is 0 Å². The summed E-state index contributed by atoms with van der Waals surface area (Å²) in [4.78, 5) is 0. The van der Waals surface area contributed by atoms with Gasteiger partial charge in [0.05, 0.1) is 5.60 Å². The van der Waals surface area contributed by atoms with E-state index in [0.29, 0.717) is 0 Å². The summed E-state index contributed by atoms with van der Waals surface area (Å²) in [5.41, 5.74) is -0.0329. The van der Waals surface area contributed by atoms with Crippen molar-refractivity contribution < 1.29 is 4.74 Å². The molecule has 0 aromatic rings. The predicted octanol–water partition coefficient (Wildman–Crippen LogP) is 4.35. The first-order chi connectivity index (χ1) is 7.74. The molecule has 0 aliphatic rings. The van der Waals surface area contributed by atoms with Crippen molar-refractivity contribution in [3.05, 3.63) is 12.2 Å². The summed E-state index contributed by atoms with van der Waals surface area (Å²) in [6, 6.07) is 0. The van der Waals surface area contributed by atoms with Crippen LogP contribution in [-0.2, 0) is 4.74 Å². The molecule has 0 bridgehead atoms. The molecule has 0 heterocycles. The Hall–Kier alpha value is -0.630. The molecule has 0 fully saturated rings. The van der Waals surface area contributed by atoms with Gasteiger partial charge < -0.3 is 10.1 Å². The van der Waals surface area contributed by atoms with Crippen molar-refractivity contribution in [3.8, 4) is 0 Å². The highest BCUT2D eigenvalue weighted by Gasteiger charge is 2.27. The number of nitrogens with one attached hydrogen (secondary N) is 1. The molecule has 16 heavy (non-hydrogen) atoms. The standard InChI is InChI=1S/C14H27NO/c1-4-7-10-14(9-5-2,11-8-12-15)16-13-6-3/h4,7,12,15H,5-6,8-11,13H2,1-3H3/b7-4+,15-12?. The van der Waals surface area contributed by atoms with Crippen LogP contribution in [0.4, 0.5) is 0 Å². The maximum Gasteiger partial charge on any atom is 0.0720 e. The third-order valence-electron chi connectivity index (χ3n) is 2.79. The van der Waals surface area contributed by atoms with Gasteiger partial charge in [0.1, 0.15) is 0 Å². The molecule has 1 unspecified atom stereocenters. The maximum atomic E-state index is 7.17. The zero-order valence-electron chi connectivity index (χ0n) is 11.1. The van der Waals surface area contributed by atoms with Gasteiger partial charge >= 0.3 is 0 Å². The Balaban J connectivity index is 4.50. The monoisotopic (exact) mass is 225 g/mol. The number of hydrogen-bond acceptors (Lipinski definition) is 2. The van der Waals surface area contributed by atoms with E-state index in [2.05, 4.69) is 26.0 Å². The summed E-state index contributed by atoms with van der Waals surface area (Å²) in [6.07, 6.45) is 11.8. The number of hydrogen-bond donors (Lipinski definition) is 1. The van der Waals surface area contributed by atoms with Crippen LogP contribution in [-0.4, -0.2) is 18.4 Å². The molecule has 94 valence electrons. The van der Waals surface area contributed by atoms with E-state index in [0.717, 1.165) is 45.1 Å². The van der Waals surface area contributed by atoms with Gasteiger partial charge in [-0.25, -0.2) is 0 Å². The van der Waals surface area contributed by atoms with Crippen molar-refractivity contribution >= 4 is 6.21 Å². The van der Waals surface area contributed by atoms with Crippen LogP contribution in [0.25, 0.3) is 0 Å². The average molecular weight is 225 g/mol. The minimum atomic E-state index is -0.0329. The molecule has 0 saturated carbocycles. The molecule has 0 spiro atoms. The molecule has 1 N–H and O–H groups in total. The van der Waals surface area contributed by atoms with Crippen molar-refractivity contribution in [2.24, 2.45) is 0 Å². The van der Waals surface area contributed by atoms with E-state index in [9.17, 15) is 0 Å². The van der Waals surface area contributed by atoms with E-state index in [1.54, 1.807) is 0 Å². The Bertz CT molecular complexity index is 201. The SMILES string of the molecule is C/C=C/CC(CCC)(CCC=N)OCCC. The Morgan fingerprint density at radius 3 is 2.44 bits per heavy atom. The van der Waals surface area contributed by atoms with Crippen LogP contribution in [0.3, 0.4) is 0 Å². The molecule has 2 heteroatoms. The second-order valence-corrected chi connectivity index (χ2v) is 4.30. The summed E-state index contributed by atoms with van der Waals surface area (Å²) in [5.74, 6) is 0. The molecular formula is C14H27NO. The smallest absolute Gasteiger partial charge is 0.0720 e. The van der Waals surface area contributed by atoms with Crippen molar-refractivity contribution in [2.45, 2.75) is 64.9 Å². The van der Waals surface area contributed by atoms with Crippen LogP contribution in [0.5, 0.6) is 0 Å². The Morgan fingerprint density at radius 1 is 1.19 bits per heavy atom. The molecule has 0 aromatic heterocycles. The van der Waals surface area contributed by atoms with Gasteiger partial charge in [0.2, 0.25) is 0 Å². The maximum absolute atomic E-state index is 7.17. The lowest BCUT2D eigenvalue weighted by Crippen LogP contribution is -2.32. The molecule has 1 atom stereocenters. The summed E-state index contributed by atoms with van der Waals surface area (Å²) in [6.45, 7) is 7.22. The third-order valence-corrected chi connectivity index (χ3v) is 2.79. The van der Waals surface area contributed by atoms with E-state index in [-0.39, 0.29) is 5.60 Å². The Labute approximate surface area is 101 Å². The van der Waals surface area contributed by atoms with Gasteiger partial charge in [-0.1, -0.05) is 32.4 Å². The highest BCUT2D eigenvalue weighted by atomic mass is 16.5. The molecule has 0 amide bonds. The largest absolute Gasteiger partial charge is 0.375 e. The highest BCUT2D eigenvalue weighted by Crippen LogP contribution is 2.28. The van der Waals surface area contributed by atoms with Crippen LogP contribution in [0, 0.1) is 5.41 Å². The van der Waals surface area contributed by atoms with E-state index in [1.807, 2.05) is 6.92 Å². The molecule has 0 radical (unpaired) electrons. The first-order valence-corrected chi connectivity index (χ1v) is 6.48. The van der Waals surface area contributed by atoms with Gasteiger partial charge in [0.15, 0.2) is 0 Å². The molecule has 0 aliphatic heterocycles. The first kappa shape index (κ1) is 15.4. The highest BCUT2D eigenvalue weighted by molar-refractivity contribution is 5.52. The Kier molecular flexibility index (Phi) is 9.21. The van der Waals surface area contributed by atoms with Gasteiger partial charge in [-0.3, -0.25) is 0 Å². The molecule has 2 nitrogen and oxygen atoms in total. The fraction of sp³-hybridized carbons (Fsp3) is 0.786. The van der Waals surface area contributed by atoms with E-state index in [4.69, 9.17) is 10.1 Å². The second kappa shape index (κ2) is 9.59. The normalized spacial score (nSPS) is 15.2. The lowest BCUT2D eigenvalue weighted by atomic mass is 9.88. The van der Waals surface area contributed by atoms with Crippen LogP contribution in [0.15, 0.2) is 12.2 Å². The Morgan fingerprint density at radius 2 is 1.94 bits per heavy atom. The fourth-order valence-electron chi connectivity index (χ4n) is 1.97. The first-order valence-electron chi connectivity index (χ1n) is 6.48. The van der Waals surface area contributed by atoms with Crippen LogP contribution in [0.2, 0.25) is 0 Å². The number of allylic oxidation sites excluding steroid dienone is 1. The van der Waals surface area contributed by atoms with Crippen molar-refractivity contribution in [3.63, 3.8) is 0 Å². The summed E-state index contributed by atoms with van der Waals surface area (Å²) >= 11 is 0. The third kappa shape index (κ3) is 6.06. The van der Waals surface area contributed by atoms with Crippen molar-refractivity contribution in [2.75, 3.05) is 6.61 Å². The number of rotatable bonds is 10. The zero-order chi connectivity index (χ0) is 12.3. The summed E-state index contributed by atoms with van der Waals surface area (Å²) in [7, 11) is 0. The summed E-state index contributed by atoms with van der Waals surface area (Å²) < 4.78 is 6.07. The van der Waals surface area contributed by atoms with Crippen molar-refractivity contribution in [1.29, 1.82) is 5.41 Å². The lowest BCUT2D eigenvalue weighted by molar-refractivity contribution is -0.0544. The van der Waals surface area contributed by atoms with Gasteiger partial charge in [-0.05, 0) is 45.2 Å². The average Bonchev–Trinajstić information content (AvgIpc) is 2.31. The molecule has 0 aromatic carbocycles. The van der Waals surface area contributed by atoms with Crippen LogP contribution in [0.1, 0.15) is 59.3 Å². The molecule has 0 aliphatic carbocycles. The molecule has 0 saturated heterocycles. The quantitative estimate of drug-likeness (QED) is 0.435. The molecule has 0 rings (SSSR count). The fourth-order valence-corrected chi connectivity index (χ4v) is 1.97.